The molecule has 1 aromatic heterocycles. The van der Waals surface area contributed by atoms with E-state index in [-0.39, 0.29) is 16.9 Å². The summed E-state index contributed by atoms with van der Waals surface area (Å²) in [6.45, 7) is 14.2. The zero-order chi connectivity index (χ0) is 14.4. The second-order valence-corrected chi connectivity index (χ2v) is 7.49. The molecular formula is C15H25N3O. The van der Waals surface area contributed by atoms with Crippen LogP contribution in [0.25, 0.3) is 0 Å². The van der Waals surface area contributed by atoms with Crippen molar-refractivity contribution in [2.24, 2.45) is 0 Å². The van der Waals surface area contributed by atoms with Crippen LogP contribution in [0, 0.1) is 0 Å². The van der Waals surface area contributed by atoms with Crippen molar-refractivity contribution in [1.29, 1.82) is 0 Å². The van der Waals surface area contributed by atoms with Crippen LogP contribution in [0.5, 0.6) is 0 Å². The van der Waals surface area contributed by atoms with Gasteiger partial charge in [0.25, 0.3) is 0 Å². The van der Waals surface area contributed by atoms with E-state index in [2.05, 4.69) is 57.5 Å². The second-order valence-electron chi connectivity index (χ2n) is 7.49. The van der Waals surface area contributed by atoms with Gasteiger partial charge in [-0.15, -0.1) is 0 Å². The Morgan fingerprint density at radius 2 is 1.63 bits per heavy atom. The molecule has 4 heteroatoms. The maximum atomic E-state index is 9.45. The first-order valence-electron chi connectivity index (χ1n) is 6.90. The summed E-state index contributed by atoms with van der Waals surface area (Å²) in [4.78, 5) is 11.5. The van der Waals surface area contributed by atoms with Gasteiger partial charge in [0.15, 0.2) is 0 Å². The fraction of sp³-hybridized carbons (Fsp3) is 0.733. The lowest BCUT2D eigenvalue weighted by Crippen LogP contribution is -2.51. The Labute approximate surface area is 115 Å². The SMILES string of the molecule is CC(C)(C)c1cc(N2CC(O)C2)nc(C(C)(C)C)n1. The summed E-state index contributed by atoms with van der Waals surface area (Å²) in [6.07, 6.45) is -0.217. The average molecular weight is 263 g/mol. The van der Waals surface area contributed by atoms with E-state index in [1.165, 1.54) is 0 Å². The highest BCUT2D eigenvalue weighted by Crippen LogP contribution is 2.29. The lowest BCUT2D eigenvalue weighted by Gasteiger charge is -2.38. The fourth-order valence-corrected chi connectivity index (χ4v) is 1.96. The van der Waals surface area contributed by atoms with Gasteiger partial charge in [0.05, 0.1) is 11.8 Å². The fourth-order valence-electron chi connectivity index (χ4n) is 1.96. The molecule has 1 aliphatic heterocycles. The molecule has 1 saturated heterocycles. The molecule has 2 rings (SSSR count). The Morgan fingerprint density at radius 1 is 1.05 bits per heavy atom. The molecule has 106 valence electrons. The molecule has 1 N–H and O–H groups in total. The van der Waals surface area contributed by atoms with Crippen molar-refractivity contribution >= 4 is 5.82 Å². The maximum Gasteiger partial charge on any atom is 0.136 e. The molecule has 0 amide bonds. The average Bonchev–Trinajstić information content (AvgIpc) is 2.22. The van der Waals surface area contributed by atoms with Crippen LogP contribution in [0.4, 0.5) is 5.82 Å². The molecule has 19 heavy (non-hydrogen) atoms. The van der Waals surface area contributed by atoms with Crippen molar-refractivity contribution in [1.82, 2.24) is 9.97 Å². The maximum absolute atomic E-state index is 9.45. The first kappa shape index (κ1) is 14.3. The predicted octanol–water partition coefficient (Wildman–Crippen LogP) is 2.25. The summed E-state index contributed by atoms with van der Waals surface area (Å²) in [5.74, 6) is 1.81. The van der Waals surface area contributed by atoms with E-state index >= 15 is 0 Å². The normalized spacial score (nSPS) is 17.5. The van der Waals surface area contributed by atoms with Gasteiger partial charge in [-0.05, 0) is 0 Å². The van der Waals surface area contributed by atoms with Gasteiger partial charge in [0.2, 0.25) is 0 Å². The minimum absolute atomic E-state index is 0.00116. The highest BCUT2D eigenvalue weighted by molar-refractivity contribution is 5.45. The molecule has 0 radical (unpaired) electrons. The van der Waals surface area contributed by atoms with Gasteiger partial charge in [-0.25, -0.2) is 9.97 Å². The van der Waals surface area contributed by atoms with E-state index in [4.69, 9.17) is 4.98 Å². The summed E-state index contributed by atoms with van der Waals surface area (Å²) < 4.78 is 0. The molecule has 1 aromatic rings. The second kappa shape index (κ2) is 4.44. The van der Waals surface area contributed by atoms with Crippen LogP contribution in [0.3, 0.4) is 0 Å². The highest BCUT2D eigenvalue weighted by Gasteiger charge is 2.29. The van der Waals surface area contributed by atoms with Crippen LogP contribution in [-0.2, 0) is 10.8 Å². The number of hydrogen-bond donors (Lipinski definition) is 1. The standard InChI is InChI=1S/C15H25N3O/c1-14(2,3)11-7-12(18-8-10(19)9-18)17-13(16-11)15(4,5)6/h7,10,19H,8-9H2,1-6H3. The largest absolute Gasteiger partial charge is 0.389 e. The van der Waals surface area contributed by atoms with Crippen LogP contribution in [-0.4, -0.2) is 34.3 Å². The van der Waals surface area contributed by atoms with Gasteiger partial charge in [-0.1, -0.05) is 41.5 Å². The smallest absolute Gasteiger partial charge is 0.136 e. The number of anilines is 1. The molecule has 1 fully saturated rings. The number of aliphatic hydroxyl groups excluding tert-OH is 1. The molecule has 4 nitrogen and oxygen atoms in total. The van der Waals surface area contributed by atoms with Crippen LogP contribution < -0.4 is 4.90 Å². The van der Waals surface area contributed by atoms with Crippen molar-refractivity contribution in [3.8, 4) is 0 Å². The third kappa shape index (κ3) is 3.06. The van der Waals surface area contributed by atoms with E-state index in [9.17, 15) is 5.11 Å². The Bertz CT molecular complexity index is 433. The van der Waals surface area contributed by atoms with Gasteiger partial charge < -0.3 is 10.0 Å². The van der Waals surface area contributed by atoms with Crippen molar-refractivity contribution < 1.29 is 5.11 Å². The molecule has 0 aromatic carbocycles. The van der Waals surface area contributed by atoms with Gasteiger partial charge >= 0.3 is 0 Å². The third-order valence-corrected chi connectivity index (χ3v) is 3.34. The summed E-state index contributed by atoms with van der Waals surface area (Å²) in [5.41, 5.74) is 0.990. The molecule has 2 heterocycles. The topological polar surface area (TPSA) is 49.2 Å². The van der Waals surface area contributed by atoms with Crippen LogP contribution in [0.1, 0.15) is 53.1 Å². The van der Waals surface area contributed by atoms with E-state index in [0.717, 1.165) is 17.3 Å². The van der Waals surface area contributed by atoms with Gasteiger partial charge in [-0.2, -0.15) is 0 Å². The molecule has 0 unspecified atom stereocenters. The number of aliphatic hydroxyl groups is 1. The molecule has 0 atom stereocenters. The number of nitrogens with zero attached hydrogens (tertiary/aromatic N) is 3. The van der Waals surface area contributed by atoms with Crippen LogP contribution in [0.15, 0.2) is 6.07 Å². The van der Waals surface area contributed by atoms with Crippen molar-refractivity contribution in [3.63, 3.8) is 0 Å². The summed E-state index contributed by atoms with van der Waals surface area (Å²) in [6, 6.07) is 2.06. The minimum Gasteiger partial charge on any atom is -0.389 e. The monoisotopic (exact) mass is 263 g/mol. The number of rotatable bonds is 1. The quantitative estimate of drug-likeness (QED) is 0.844. The van der Waals surface area contributed by atoms with Gasteiger partial charge in [0.1, 0.15) is 11.6 Å². The zero-order valence-corrected chi connectivity index (χ0v) is 12.9. The molecule has 0 spiro atoms. The van der Waals surface area contributed by atoms with Crippen molar-refractivity contribution in [2.75, 3.05) is 18.0 Å². The summed E-state index contributed by atoms with van der Waals surface area (Å²) >= 11 is 0. The Balaban J connectivity index is 2.43. The first-order valence-corrected chi connectivity index (χ1v) is 6.90. The zero-order valence-electron chi connectivity index (χ0n) is 12.9. The van der Waals surface area contributed by atoms with Crippen molar-refractivity contribution in [3.05, 3.63) is 17.6 Å². The van der Waals surface area contributed by atoms with Crippen molar-refractivity contribution in [2.45, 2.75) is 58.5 Å². The summed E-state index contributed by atoms with van der Waals surface area (Å²) in [5, 5.41) is 9.45. The molecule has 0 aliphatic carbocycles. The first-order chi connectivity index (χ1) is 8.57. The minimum atomic E-state index is -0.217. The van der Waals surface area contributed by atoms with Crippen LogP contribution in [0.2, 0.25) is 0 Å². The number of hydrogen-bond acceptors (Lipinski definition) is 4. The van der Waals surface area contributed by atoms with E-state index in [0.29, 0.717) is 13.1 Å². The Morgan fingerprint density at radius 3 is 2.05 bits per heavy atom. The van der Waals surface area contributed by atoms with Crippen LogP contribution >= 0.6 is 0 Å². The third-order valence-electron chi connectivity index (χ3n) is 3.34. The molecule has 1 aliphatic rings. The molecular weight excluding hydrogens is 238 g/mol. The molecule has 0 saturated carbocycles. The van der Waals surface area contributed by atoms with E-state index < -0.39 is 0 Å². The lowest BCUT2D eigenvalue weighted by atomic mass is 9.90. The number of β-amino-alcohol motifs (C(OH)–C–C–N with tert-alkyl or cyclic N) is 1. The molecule has 0 bridgehead atoms. The lowest BCUT2D eigenvalue weighted by molar-refractivity contribution is 0.141. The van der Waals surface area contributed by atoms with Gasteiger partial charge in [-0.3, -0.25) is 0 Å². The number of aromatic nitrogens is 2. The predicted molar refractivity (Wildman–Crippen MR) is 77.7 cm³/mol. The Hall–Kier alpha value is -1.16. The van der Waals surface area contributed by atoms with E-state index in [1.54, 1.807) is 0 Å². The van der Waals surface area contributed by atoms with E-state index in [1.807, 2.05) is 0 Å². The Kier molecular flexibility index (Phi) is 3.33. The van der Waals surface area contributed by atoms with Gasteiger partial charge in [0, 0.05) is 30.0 Å². The highest BCUT2D eigenvalue weighted by atomic mass is 16.3. The summed E-state index contributed by atoms with van der Waals surface area (Å²) in [7, 11) is 0.